The molecule has 0 aliphatic rings. The molecule has 0 atom stereocenters. The molecular formula is C27H46N2O3S. The maximum absolute atomic E-state index is 10.9. The van der Waals surface area contributed by atoms with E-state index in [0.29, 0.717) is 5.88 Å². The first-order chi connectivity index (χ1) is 13.6. The molecule has 3 rings (SSSR count). The van der Waals surface area contributed by atoms with E-state index in [0.717, 1.165) is 21.6 Å². The molecule has 0 aliphatic heterocycles. The Morgan fingerprint density at radius 1 is 0.879 bits per heavy atom. The summed E-state index contributed by atoms with van der Waals surface area (Å²) in [5.41, 5.74) is 2.23. The number of esters is 1. The number of thiophene rings is 1. The molecule has 0 unspecified atom stereocenters. The van der Waals surface area contributed by atoms with Crippen LogP contribution in [0, 0.1) is 5.92 Å². The lowest BCUT2D eigenvalue weighted by Gasteiger charge is -2.20. The van der Waals surface area contributed by atoms with Gasteiger partial charge >= 0.3 is 5.97 Å². The van der Waals surface area contributed by atoms with E-state index in [1.165, 1.54) is 0 Å². The lowest BCUT2D eigenvalue weighted by Crippen LogP contribution is -2.26. The fourth-order valence-corrected chi connectivity index (χ4v) is 2.99. The number of fused-ring (bicyclic) bond motifs is 1. The first kappa shape index (κ1) is 35.1. The quantitative estimate of drug-likeness (QED) is 0.351. The number of hydrogen-bond acceptors (Lipinski definition) is 6. The SMILES string of the molecule is C.C.C.C.CC(C)C(=O)OC(C)(C)C.CC(C)Oc1nc2ccccc2nc1-c1cccs1. The van der Waals surface area contributed by atoms with Gasteiger partial charge in [0.15, 0.2) is 0 Å². The zero-order chi connectivity index (χ0) is 21.6. The molecule has 1 aromatic carbocycles. The highest BCUT2D eigenvalue weighted by Crippen LogP contribution is 2.32. The van der Waals surface area contributed by atoms with Crippen molar-refractivity contribution >= 4 is 28.3 Å². The van der Waals surface area contributed by atoms with Gasteiger partial charge in [-0.3, -0.25) is 4.79 Å². The van der Waals surface area contributed by atoms with Crippen LogP contribution in [0.5, 0.6) is 5.88 Å². The molecule has 0 saturated heterocycles. The summed E-state index contributed by atoms with van der Waals surface area (Å²) >= 11 is 1.64. The van der Waals surface area contributed by atoms with Gasteiger partial charge in [-0.15, -0.1) is 11.3 Å². The van der Waals surface area contributed by atoms with Crippen LogP contribution in [0.15, 0.2) is 41.8 Å². The van der Waals surface area contributed by atoms with Crippen molar-refractivity contribution in [1.29, 1.82) is 0 Å². The molecule has 0 amide bonds. The summed E-state index contributed by atoms with van der Waals surface area (Å²) in [6, 6.07) is 11.9. The molecule has 6 heteroatoms. The minimum absolute atomic E-state index is 0. The fraction of sp³-hybridized carbons (Fsp3) is 0.519. The molecule has 33 heavy (non-hydrogen) atoms. The van der Waals surface area contributed by atoms with E-state index in [1.807, 2.05) is 90.2 Å². The average Bonchev–Trinajstić information content (AvgIpc) is 3.14. The molecule has 0 fully saturated rings. The highest BCUT2D eigenvalue weighted by molar-refractivity contribution is 7.13. The molecule has 0 aliphatic carbocycles. The molecule has 0 radical (unpaired) electrons. The van der Waals surface area contributed by atoms with Gasteiger partial charge in [0.1, 0.15) is 11.3 Å². The number of rotatable bonds is 4. The van der Waals surface area contributed by atoms with Crippen molar-refractivity contribution in [2.45, 2.75) is 89.9 Å². The second-order valence-electron chi connectivity index (χ2n) is 8.20. The van der Waals surface area contributed by atoms with Gasteiger partial charge in [0.25, 0.3) is 0 Å². The van der Waals surface area contributed by atoms with Gasteiger partial charge in [0.2, 0.25) is 5.88 Å². The highest BCUT2D eigenvalue weighted by atomic mass is 32.1. The van der Waals surface area contributed by atoms with E-state index >= 15 is 0 Å². The number of nitrogens with zero attached hydrogens (tertiary/aromatic N) is 2. The Kier molecular flexibility index (Phi) is 16.4. The van der Waals surface area contributed by atoms with Crippen molar-refractivity contribution in [3.8, 4) is 16.5 Å². The second-order valence-corrected chi connectivity index (χ2v) is 9.15. The van der Waals surface area contributed by atoms with Crippen molar-refractivity contribution in [2.75, 3.05) is 0 Å². The van der Waals surface area contributed by atoms with Crippen LogP contribution in [0.3, 0.4) is 0 Å². The summed E-state index contributed by atoms with van der Waals surface area (Å²) in [6.45, 7) is 13.3. The monoisotopic (exact) mass is 478 g/mol. The van der Waals surface area contributed by atoms with E-state index < -0.39 is 0 Å². The van der Waals surface area contributed by atoms with Crippen molar-refractivity contribution in [3.63, 3.8) is 0 Å². The third-order valence-corrected chi connectivity index (χ3v) is 4.40. The van der Waals surface area contributed by atoms with Gasteiger partial charge in [-0.2, -0.15) is 0 Å². The first-order valence-corrected chi connectivity index (χ1v) is 10.6. The minimum Gasteiger partial charge on any atom is -0.473 e. The molecule has 5 nitrogen and oxygen atoms in total. The Bertz CT molecular complexity index is 930. The summed E-state index contributed by atoms with van der Waals surface area (Å²) in [4.78, 5) is 21.3. The summed E-state index contributed by atoms with van der Waals surface area (Å²) in [5, 5.41) is 2.03. The van der Waals surface area contributed by atoms with Gasteiger partial charge < -0.3 is 9.47 Å². The number of benzene rings is 1. The van der Waals surface area contributed by atoms with E-state index in [9.17, 15) is 4.79 Å². The van der Waals surface area contributed by atoms with Crippen molar-refractivity contribution in [1.82, 2.24) is 9.97 Å². The maximum Gasteiger partial charge on any atom is 0.308 e. The van der Waals surface area contributed by atoms with Crippen molar-refractivity contribution < 1.29 is 14.3 Å². The van der Waals surface area contributed by atoms with E-state index in [4.69, 9.17) is 14.5 Å². The molecule has 2 heterocycles. The molecule has 3 aromatic rings. The van der Waals surface area contributed by atoms with E-state index in [1.54, 1.807) is 11.3 Å². The zero-order valence-corrected chi connectivity index (χ0v) is 19.0. The standard InChI is InChI=1S/C15H14N2OS.C8H16O2.4CH4/c1-10(2)18-15-14(13-8-5-9-19-13)16-11-6-3-4-7-12(11)17-15;1-6(2)7(9)10-8(3,4)5;;;;/h3-10H,1-2H3;6H,1-5H3;4*1H4. The van der Waals surface area contributed by atoms with Crippen LogP contribution in [-0.2, 0) is 9.53 Å². The van der Waals surface area contributed by atoms with Gasteiger partial charge in [0, 0.05) is 0 Å². The second kappa shape index (κ2) is 15.4. The largest absolute Gasteiger partial charge is 0.473 e. The van der Waals surface area contributed by atoms with Crippen molar-refractivity contribution in [3.05, 3.63) is 41.8 Å². The highest BCUT2D eigenvalue weighted by Gasteiger charge is 2.18. The average molecular weight is 479 g/mol. The Balaban J connectivity index is -0.000000567. The normalized spacial score (nSPS) is 9.97. The van der Waals surface area contributed by atoms with Gasteiger partial charge in [-0.05, 0) is 58.2 Å². The van der Waals surface area contributed by atoms with Crippen LogP contribution in [0.2, 0.25) is 0 Å². The Morgan fingerprint density at radius 3 is 1.82 bits per heavy atom. The zero-order valence-electron chi connectivity index (χ0n) is 18.2. The summed E-state index contributed by atoms with van der Waals surface area (Å²) < 4.78 is 10.9. The van der Waals surface area contributed by atoms with Crippen molar-refractivity contribution in [2.24, 2.45) is 5.92 Å². The van der Waals surface area contributed by atoms with Crippen LogP contribution in [-0.4, -0.2) is 27.6 Å². The molecule has 2 aromatic heterocycles. The number of aromatic nitrogens is 2. The van der Waals surface area contributed by atoms with Crippen LogP contribution in [0.4, 0.5) is 0 Å². The molecule has 0 bridgehead atoms. The Labute approximate surface area is 206 Å². The number of carbonyl (C=O) groups excluding carboxylic acids is 1. The van der Waals surface area contributed by atoms with Crippen LogP contribution in [0.1, 0.15) is 78.2 Å². The number of para-hydroxylation sites is 2. The first-order valence-electron chi connectivity index (χ1n) is 9.77. The molecule has 0 spiro atoms. The summed E-state index contributed by atoms with van der Waals surface area (Å²) in [7, 11) is 0. The third kappa shape index (κ3) is 11.3. The molecule has 188 valence electrons. The lowest BCUT2D eigenvalue weighted by atomic mass is 10.1. The molecule has 0 saturated carbocycles. The van der Waals surface area contributed by atoms with Crippen LogP contribution < -0.4 is 4.74 Å². The van der Waals surface area contributed by atoms with E-state index in [-0.39, 0.29) is 53.3 Å². The Morgan fingerprint density at radius 2 is 1.42 bits per heavy atom. The van der Waals surface area contributed by atoms with Gasteiger partial charge in [-0.1, -0.05) is 61.8 Å². The van der Waals surface area contributed by atoms with Gasteiger partial charge in [0.05, 0.1) is 27.9 Å². The number of hydrogen-bond donors (Lipinski definition) is 0. The topological polar surface area (TPSA) is 61.3 Å². The maximum atomic E-state index is 10.9. The number of ether oxygens (including phenoxy) is 2. The molecular weight excluding hydrogens is 432 g/mol. The van der Waals surface area contributed by atoms with E-state index in [2.05, 4.69) is 4.98 Å². The predicted molar refractivity (Wildman–Crippen MR) is 146 cm³/mol. The Hall–Kier alpha value is -2.47. The summed E-state index contributed by atoms with van der Waals surface area (Å²) in [5.74, 6) is 0.447. The smallest absolute Gasteiger partial charge is 0.308 e. The minimum atomic E-state index is -0.346. The number of carbonyl (C=O) groups is 1. The predicted octanol–water partition coefficient (Wildman–Crippen LogP) is 8.67. The van der Waals surface area contributed by atoms with Crippen LogP contribution >= 0.6 is 11.3 Å². The fourth-order valence-electron chi connectivity index (χ4n) is 2.28. The third-order valence-electron chi connectivity index (χ3n) is 3.52. The summed E-state index contributed by atoms with van der Waals surface area (Å²) in [6.07, 6.45) is 0.0779. The molecule has 0 N–H and O–H groups in total. The van der Waals surface area contributed by atoms with Gasteiger partial charge in [-0.25, -0.2) is 9.97 Å². The van der Waals surface area contributed by atoms with Crippen LogP contribution in [0.25, 0.3) is 21.6 Å². The lowest BCUT2D eigenvalue weighted by molar-refractivity contribution is -0.158.